The van der Waals surface area contributed by atoms with E-state index in [1.54, 1.807) is 7.11 Å². The van der Waals surface area contributed by atoms with E-state index >= 15 is 0 Å². The number of morpholine rings is 1. The van der Waals surface area contributed by atoms with Gasteiger partial charge in [0.25, 0.3) is 0 Å². The van der Waals surface area contributed by atoms with Crippen LogP contribution in [0.15, 0.2) is 29.4 Å². The number of fused-ring (bicyclic) bond motifs is 1. The minimum Gasteiger partial charge on any atom is -0.480 e. The fourth-order valence-corrected chi connectivity index (χ4v) is 3.25. The first kappa shape index (κ1) is 15.1. The molecule has 6 heteroatoms. The molecular formula is C18H20N4O2. The Hall–Kier alpha value is -2.47. The van der Waals surface area contributed by atoms with Gasteiger partial charge >= 0.3 is 0 Å². The van der Waals surface area contributed by atoms with E-state index in [2.05, 4.69) is 27.0 Å². The summed E-state index contributed by atoms with van der Waals surface area (Å²) in [4.78, 5) is 16.0. The molecule has 0 saturated carbocycles. The van der Waals surface area contributed by atoms with Gasteiger partial charge in [0.1, 0.15) is 5.82 Å². The molecule has 0 amide bonds. The van der Waals surface area contributed by atoms with Crippen molar-refractivity contribution in [3.8, 4) is 5.88 Å². The fraction of sp³-hybridized carbons (Fsp3) is 0.389. The van der Waals surface area contributed by atoms with Gasteiger partial charge in [-0.1, -0.05) is 0 Å². The van der Waals surface area contributed by atoms with Crippen LogP contribution in [0.25, 0.3) is 0 Å². The summed E-state index contributed by atoms with van der Waals surface area (Å²) in [6, 6.07) is 6.17. The zero-order valence-corrected chi connectivity index (χ0v) is 14.0. The smallest absolute Gasteiger partial charge is 0.223 e. The van der Waals surface area contributed by atoms with Crippen molar-refractivity contribution in [1.82, 2.24) is 9.97 Å². The molecule has 0 aromatic carbocycles. The third-order valence-electron chi connectivity index (χ3n) is 4.39. The Morgan fingerprint density at radius 2 is 2.04 bits per heavy atom. The van der Waals surface area contributed by atoms with Crippen LogP contribution >= 0.6 is 0 Å². The lowest BCUT2D eigenvalue weighted by Gasteiger charge is -2.28. The van der Waals surface area contributed by atoms with E-state index in [0.717, 1.165) is 54.7 Å². The van der Waals surface area contributed by atoms with Gasteiger partial charge in [-0.2, -0.15) is 0 Å². The standard InChI is InChI=1S/C18H20N4O2/c1-12-9-14-11-20-17(16(14)18(21-12)23-2)13-3-4-19-15(10-13)22-5-7-24-8-6-22/h3-4,9-10H,5-8,11H2,1-2H3. The van der Waals surface area contributed by atoms with Crippen LogP contribution < -0.4 is 9.64 Å². The highest BCUT2D eigenvalue weighted by Gasteiger charge is 2.24. The molecule has 2 aliphatic rings. The third kappa shape index (κ3) is 2.63. The molecule has 2 aliphatic heterocycles. The molecule has 1 saturated heterocycles. The Morgan fingerprint density at radius 1 is 1.21 bits per heavy atom. The molecule has 4 heterocycles. The SMILES string of the molecule is COc1nc(C)cc2c1C(c1ccnc(N3CCOCC3)c1)=NC2. The average Bonchev–Trinajstić information content (AvgIpc) is 3.05. The van der Waals surface area contributed by atoms with E-state index in [1.807, 2.05) is 19.2 Å². The van der Waals surface area contributed by atoms with Gasteiger partial charge in [0.15, 0.2) is 0 Å². The number of aromatic nitrogens is 2. The molecular weight excluding hydrogens is 304 g/mol. The lowest BCUT2D eigenvalue weighted by atomic mass is 10.0. The zero-order chi connectivity index (χ0) is 16.5. The second-order valence-electron chi connectivity index (χ2n) is 5.97. The van der Waals surface area contributed by atoms with Crippen molar-refractivity contribution >= 4 is 11.5 Å². The van der Waals surface area contributed by atoms with E-state index in [4.69, 9.17) is 14.5 Å². The molecule has 0 spiro atoms. The molecule has 2 aromatic rings. The summed E-state index contributed by atoms with van der Waals surface area (Å²) in [7, 11) is 1.66. The van der Waals surface area contributed by atoms with Crippen molar-refractivity contribution in [3.63, 3.8) is 0 Å². The van der Waals surface area contributed by atoms with Crippen LogP contribution in [-0.4, -0.2) is 49.1 Å². The number of aryl methyl sites for hydroxylation is 1. The molecule has 6 nitrogen and oxygen atoms in total. The van der Waals surface area contributed by atoms with Crippen LogP contribution in [-0.2, 0) is 11.3 Å². The van der Waals surface area contributed by atoms with E-state index in [0.29, 0.717) is 12.4 Å². The normalized spacial score (nSPS) is 16.8. The maximum atomic E-state index is 5.50. The van der Waals surface area contributed by atoms with Crippen molar-refractivity contribution in [3.05, 3.63) is 46.8 Å². The Morgan fingerprint density at radius 3 is 2.83 bits per heavy atom. The molecule has 0 radical (unpaired) electrons. The summed E-state index contributed by atoms with van der Waals surface area (Å²) in [6.07, 6.45) is 1.84. The predicted octanol–water partition coefficient (Wildman–Crippen LogP) is 1.98. The second-order valence-corrected chi connectivity index (χ2v) is 5.97. The molecule has 0 atom stereocenters. The van der Waals surface area contributed by atoms with Gasteiger partial charge in [-0.25, -0.2) is 9.97 Å². The Labute approximate surface area is 141 Å². The quantitative estimate of drug-likeness (QED) is 0.864. The van der Waals surface area contributed by atoms with Gasteiger partial charge in [0.05, 0.1) is 38.1 Å². The van der Waals surface area contributed by atoms with Gasteiger partial charge in [-0.3, -0.25) is 4.99 Å². The van der Waals surface area contributed by atoms with E-state index < -0.39 is 0 Å². The fourth-order valence-electron chi connectivity index (χ4n) is 3.25. The maximum Gasteiger partial charge on any atom is 0.223 e. The largest absolute Gasteiger partial charge is 0.480 e. The minimum atomic E-state index is 0.644. The summed E-state index contributed by atoms with van der Waals surface area (Å²) in [5.74, 6) is 1.61. The number of aliphatic imine (C=N–C) groups is 1. The summed E-state index contributed by atoms with van der Waals surface area (Å²) in [6.45, 7) is 5.86. The molecule has 1 fully saturated rings. The van der Waals surface area contributed by atoms with Gasteiger partial charge in [0, 0.05) is 30.5 Å². The highest BCUT2D eigenvalue weighted by Crippen LogP contribution is 2.31. The number of anilines is 1. The molecule has 24 heavy (non-hydrogen) atoms. The number of nitrogens with zero attached hydrogens (tertiary/aromatic N) is 4. The highest BCUT2D eigenvalue weighted by atomic mass is 16.5. The maximum absolute atomic E-state index is 5.50. The monoisotopic (exact) mass is 324 g/mol. The van der Waals surface area contributed by atoms with Gasteiger partial charge in [-0.05, 0) is 30.7 Å². The molecule has 4 rings (SSSR count). The number of pyridine rings is 2. The van der Waals surface area contributed by atoms with E-state index in [1.165, 1.54) is 5.56 Å². The van der Waals surface area contributed by atoms with Gasteiger partial charge in [0.2, 0.25) is 5.88 Å². The van der Waals surface area contributed by atoms with E-state index in [9.17, 15) is 0 Å². The highest BCUT2D eigenvalue weighted by molar-refractivity contribution is 6.16. The summed E-state index contributed by atoms with van der Waals surface area (Å²) in [5.41, 5.74) is 5.10. The first-order chi connectivity index (χ1) is 11.8. The number of ether oxygens (including phenoxy) is 2. The lowest BCUT2D eigenvalue weighted by molar-refractivity contribution is 0.122. The lowest BCUT2D eigenvalue weighted by Crippen LogP contribution is -2.36. The van der Waals surface area contributed by atoms with E-state index in [-0.39, 0.29) is 0 Å². The van der Waals surface area contributed by atoms with Crippen LogP contribution in [0.4, 0.5) is 5.82 Å². The number of rotatable bonds is 3. The number of hydrogen-bond acceptors (Lipinski definition) is 6. The van der Waals surface area contributed by atoms with Crippen molar-refractivity contribution in [2.24, 2.45) is 4.99 Å². The molecule has 124 valence electrons. The van der Waals surface area contributed by atoms with Crippen molar-refractivity contribution in [1.29, 1.82) is 0 Å². The van der Waals surface area contributed by atoms with Crippen LogP contribution in [0.1, 0.15) is 22.4 Å². The van der Waals surface area contributed by atoms with Crippen molar-refractivity contribution in [2.75, 3.05) is 38.3 Å². The molecule has 0 N–H and O–H groups in total. The predicted molar refractivity (Wildman–Crippen MR) is 92.1 cm³/mol. The number of methoxy groups -OCH3 is 1. The van der Waals surface area contributed by atoms with Crippen LogP contribution in [0.3, 0.4) is 0 Å². The van der Waals surface area contributed by atoms with Crippen molar-refractivity contribution in [2.45, 2.75) is 13.5 Å². The van der Waals surface area contributed by atoms with Crippen LogP contribution in [0.5, 0.6) is 5.88 Å². The Kier molecular flexibility index (Phi) is 3.90. The Balaban J connectivity index is 1.72. The third-order valence-corrected chi connectivity index (χ3v) is 4.39. The Bertz CT molecular complexity index is 798. The topological polar surface area (TPSA) is 59.8 Å². The first-order valence-corrected chi connectivity index (χ1v) is 8.14. The number of hydrogen-bond donors (Lipinski definition) is 0. The summed E-state index contributed by atoms with van der Waals surface area (Å²) in [5, 5.41) is 0. The molecule has 2 aromatic heterocycles. The first-order valence-electron chi connectivity index (χ1n) is 8.14. The second kappa shape index (κ2) is 6.20. The van der Waals surface area contributed by atoms with Gasteiger partial charge < -0.3 is 14.4 Å². The van der Waals surface area contributed by atoms with Crippen LogP contribution in [0, 0.1) is 6.92 Å². The minimum absolute atomic E-state index is 0.644. The average molecular weight is 324 g/mol. The summed E-state index contributed by atoms with van der Waals surface area (Å²) < 4.78 is 10.9. The zero-order valence-electron chi connectivity index (χ0n) is 14.0. The summed E-state index contributed by atoms with van der Waals surface area (Å²) >= 11 is 0. The van der Waals surface area contributed by atoms with Crippen LogP contribution in [0.2, 0.25) is 0 Å². The molecule has 0 bridgehead atoms. The molecule has 0 unspecified atom stereocenters. The van der Waals surface area contributed by atoms with Gasteiger partial charge in [-0.15, -0.1) is 0 Å². The van der Waals surface area contributed by atoms with Crippen molar-refractivity contribution < 1.29 is 9.47 Å². The molecule has 0 aliphatic carbocycles.